The minimum atomic E-state index is -0.922. The molecule has 0 saturated carbocycles. The average molecular weight is 280 g/mol. The molecule has 0 heterocycles. The fourth-order valence-electron chi connectivity index (χ4n) is 1.60. The summed E-state index contributed by atoms with van der Waals surface area (Å²) in [6.45, 7) is 0.695. The van der Waals surface area contributed by atoms with Gasteiger partial charge < -0.3 is 5.32 Å². The number of halogens is 1. The fourth-order valence-corrected chi connectivity index (χ4v) is 2.32. The van der Waals surface area contributed by atoms with Crippen molar-refractivity contribution in [2.45, 2.75) is 11.4 Å². The Labute approximate surface area is 114 Å². The van der Waals surface area contributed by atoms with Crippen LogP contribution in [0.15, 0.2) is 53.4 Å². The third-order valence-corrected chi connectivity index (χ3v) is 3.88. The molecular weight excluding hydrogens is 266 g/mol. The standard InChI is InChI=1S/C14H14ClNOS/c1-18(17)12-8-6-11(7-9-12)10-16-14-5-3-2-4-13(14)15/h2-9,16H,10H2,1H3. The van der Waals surface area contributed by atoms with Gasteiger partial charge in [0, 0.05) is 28.5 Å². The highest BCUT2D eigenvalue weighted by Gasteiger charge is 2.00. The maximum absolute atomic E-state index is 11.3. The van der Waals surface area contributed by atoms with Crippen molar-refractivity contribution in [1.29, 1.82) is 0 Å². The van der Waals surface area contributed by atoms with Gasteiger partial charge in [-0.2, -0.15) is 0 Å². The molecule has 94 valence electrons. The van der Waals surface area contributed by atoms with Crippen LogP contribution in [0.1, 0.15) is 5.56 Å². The molecular formula is C14H14ClNOS. The van der Waals surface area contributed by atoms with E-state index in [1.165, 1.54) is 0 Å². The smallest absolute Gasteiger partial charge is 0.0637 e. The molecule has 0 aliphatic rings. The summed E-state index contributed by atoms with van der Waals surface area (Å²) in [7, 11) is -0.922. The lowest BCUT2D eigenvalue weighted by Gasteiger charge is -2.08. The molecule has 2 aromatic rings. The van der Waals surface area contributed by atoms with Crippen LogP contribution in [-0.4, -0.2) is 10.5 Å². The molecule has 2 rings (SSSR count). The van der Waals surface area contributed by atoms with Crippen molar-refractivity contribution in [2.24, 2.45) is 0 Å². The second kappa shape index (κ2) is 6.03. The largest absolute Gasteiger partial charge is 0.380 e. The van der Waals surface area contributed by atoms with Crippen molar-refractivity contribution in [2.75, 3.05) is 11.6 Å². The van der Waals surface area contributed by atoms with Crippen LogP contribution in [0.25, 0.3) is 0 Å². The molecule has 0 aliphatic heterocycles. The van der Waals surface area contributed by atoms with Crippen molar-refractivity contribution in [1.82, 2.24) is 0 Å². The molecule has 4 heteroatoms. The maximum atomic E-state index is 11.3. The molecule has 0 spiro atoms. The number of hydrogen-bond acceptors (Lipinski definition) is 2. The Bertz CT molecular complexity index is 554. The lowest BCUT2D eigenvalue weighted by Crippen LogP contribution is -2.00. The minimum absolute atomic E-state index is 0.695. The van der Waals surface area contributed by atoms with Crippen LogP contribution >= 0.6 is 11.6 Å². The van der Waals surface area contributed by atoms with Crippen molar-refractivity contribution in [3.05, 3.63) is 59.1 Å². The topological polar surface area (TPSA) is 29.1 Å². The molecule has 2 aromatic carbocycles. The van der Waals surface area contributed by atoms with Gasteiger partial charge in [0.05, 0.1) is 10.7 Å². The molecule has 0 aliphatic carbocycles. The summed E-state index contributed by atoms with van der Waals surface area (Å²) in [6.07, 6.45) is 1.68. The van der Waals surface area contributed by atoms with E-state index in [-0.39, 0.29) is 0 Å². The first-order valence-electron chi connectivity index (χ1n) is 5.57. The van der Waals surface area contributed by atoms with Gasteiger partial charge in [0.15, 0.2) is 0 Å². The Balaban J connectivity index is 2.02. The highest BCUT2D eigenvalue weighted by atomic mass is 35.5. The summed E-state index contributed by atoms with van der Waals surface area (Å²) < 4.78 is 11.3. The molecule has 18 heavy (non-hydrogen) atoms. The van der Waals surface area contributed by atoms with Gasteiger partial charge in [-0.3, -0.25) is 4.21 Å². The number of rotatable bonds is 4. The molecule has 0 bridgehead atoms. The third kappa shape index (κ3) is 3.34. The minimum Gasteiger partial charge on any atom is -0.380 e. The molecule has 1 unspecified atom stereocenters. The van der Waals surface area contributed by atoms with Gasteiger partial charge in [0.25, 0.3) is 0 Å². The predicted molar refractivity (Wildman–Crippen MR) is 77.6 cm³/mol. The Hall–Kier alpha value is -1.32. The number of benzene rings is 2. The van der Waals surface area contributed by atoms with Crippen LogP contribution in [-0.2, 0) is 17.3 Å². The van der Waals surface area contributed by atoms with Gasteiger partial charge in [0.2, 0.25) is 0 Å². The Morgan fingerprint density at radius 2 is 1.78 bits per heavy atom. The molecule has 1 atom stereocenters. The van der Waals surface area contributed by atoms with Crippen molar-refractivity contribution in [3.8, 4) is 0 Å². The first-order valence-corrected chi connectivity index (χ1v) is 7.51. The first-order chi connectivity index (χ1) is 8.66. The van der Waals surface area contributed by atoms with Gasteiger partial charge in [0.1, 0.15) is 0 Å². The lowest BCUT2D eigenvalue weighted by molar-refractivity contribution is 0.687. The predicted octanol–water partition coefficient (Wildman–Crippen LogP) is 3.69. The molecule has 0 saturated heterocycles. The highest BCUT2D eigenvalue weighted by molar-refractivity contribution is 7.84. The van der Waals surface area contributed by atoms with E-state index in [9.17, 15) is 4.21 Å². The van der Waals surface area contributed by atoms with Crippen LogP contribution in [0.3, 0.4) is 0 Å². The molecule has 2 nitrogen and oxygen atoms in total. The summed E-state index contributed by atoms with van der Waals surface area (Å²) >= 11 is 6.05. The van der Waals surface area contributed by atoms with Gasteiger partial charge in [-0.1, -0.05) is 35.9 Å². The van der Waals surface area contributed by atoms with Crippen LogP contribution in [0.2, 0.25) is 5.02 Å². The van der Waals surface area contributed by atoms with Gasteiger partial charge in [-0.25, -0.2) is 0 Å². The van der Waals surface area contributed by atoms with Crippen molar-refractivity contribution >= 4 is 28.1 Å². The van der Waals surface area contributed by atoms with E-state index in [1.54, 1.807) is 6.26 Å². The molecule has 0 radical (unpaired) electrons. The van der Waals surface area contributed by atoms with Crippen LogP contribution < -0.4 is 5.32 Å². The number of para-hydroxylation sites is 1. The first kappa shape index (κ1) is 13.1. The van der Waals surface area contributed by atoms with Crippen molar-refractivity contribution in [3.63, 3.8) is 0 Å². The number of nitrogens with one attached hydrogen (secondary N) is 1. The van der Waals surface area contributed by atoms with Gasteiger partial charge in [-0.05, 0) is 29.8 Å². The zero-order valence-corrected chi connectivity index (χ0v) is 11.6. The molecule has 0 fully saturated rings. The van der Waals surface area contributed by atoms with E-state index < -0.39 is 10.8 Å². The quantitative estimate of drug-likeness (QED) is 0.925. The summed E-state index contributed by atoms with van der Waals surface area (Å²) in [5, 5.41) is 3.98. The molecule has 0 aromatic heterocycles. The second-order valence-corrected chi connectivity index (χ2v) is 5.72. The average Bonchev–Trinajstić information content (AvgIpc) is 2.38. The van der Waals surface area contributed by atoms with E-state index in [0.717, 1.165) is 16.1 Å². The summed E-state index contributed by atoms with van der Waals surface area (Å²) in [5.74, 6) is 0. The monoisotopic (exact) mass is 279 g/mol. The Kier molecular flexibility index (Phi) is 4.39. The number of hydrogen-bond donors (Lipinski definition) is 1. The SMILES string of the molecule is CS(=O)c1ccc(CNc2ccccc2Cl)cc1. The van der Waals surface area contributed by atoms with E-state index in [4.69, 9.17) is 11.6 Å². The van der Waals surface area contributed by atoms with Gasteiger partial charge in [-0.15, -0.1) is 0 Å². The van der Waals surface area contributed by atoms with E-state index in [2.05, 4.69) is 5.32 Å². The van der Waals surface area contributed by atoms with Crippen LogP contribution in [0, 0.1) is 0 Å². The van der Waals surface area contributed by atoms with E-state index in [0.29, 0.717) is 11.6 Å². The zero-order chi connectivity index (χ0) is 13.0. The summed E-state index contributed by atoms with van der Waals surface area (Å²) in [5.41, 5.74) is 2.05. The van der Waals surface area contributed by atoms with E-state index >= 15 is 0 Å². The molecule has 0 amide bonds. The summed E-state index contributed by atoms with van der Waals surface area (Å²) in [6, 6.07) is 15.4. The van der Waals surface area contributed by atoms with Gasteiger partial charge >= 0.3 is 0 Å². The fraction of sp³-hybridized carbons (Fsp3) is 0.143. The zero-order valence-electron chi connectivity index (χ0n) is 10.0. The van der Waals surface area contributed by atoms with Crippen LogP contribution in [0.4, 0.5) is 5.69 Å². The normalized spacial score (nSPS) is 12.1. The number of anilines is 1. The second-order valence-electron chi connectivity index (χ2n) is 3.93. The summed E-state index contributed by atoms with van der Waals surface area (Å²) in [4.78, 5) is 0.844. The highest BCUT2D eigenvalue weighted by Crippen LogP contribution is 2.21. The van der Waals surface area contributed by atoms with Crippen molar-refractivity contribution < 1.29 is 4.21 Å². The Morgan fingerprint density at radius 3 is 2.39 bits per heavy atom. The maximum Gasteiger partial charge on any atom is 0.0637 e. The molecule has 1 N–H and O–H groups in total. The van der Waals surface area contributed by atoms with E-state index in [1.807, 2.05) is 48.5 Å². The van der Waals surface area contributed by atoms with Crippen LogP contribution in [0.5, 0.6) is 0 Å². The lowest BCUT2D eigenvalue weighted by atomic mass is 10.2. The Morgan fingerprint density at radius 1 is 1.11 bits per heavy atom. The third-order valence-electron chi connectivity index (χ3n) is 2.61.